The lowest BCUT2D eigenvalue weighted by Crippen LogP contribution is -2.22. The Kier molecular flexibility index (Phi) is 8.73. The number of phenolic OH excluding ortho intramolecular Hbond substituents is 1. The molecule has 0 aromatic heterocycles. The van der Waals surface area contributed by atoms with E-state index in [9.17, 15) is 19.1 Å². The van der Waals surface area contributed by atoms with E-state index in [1.165, 1.54) is 18.2 Å². The molecule has 0 saturated heterocycles. The second-order valence-corrected chi connectivity index (χ2v) is 7.57. The van der Waals surface area contributed by atoms with Crippen LogP contribution in [-0.2, 0) is 9.53 Å². The fourth-order valence-corrected chi connectivity index (χ4v) is 3.25. The molecule has 0 spiro atoms. The summed E-state index contributed by atoms with van der Waals surface area (Å²) in [7, 11) is 0. The van der Waals surface area contributed by atoms with E-state index in [0.29, 0.717) is 24.1 Å². The number of carboxylic acids is 1. The number of carbonyl (C=O) groups excluding carboxylic acids is 1. The van der Waals surface area contributed by atoms with E-state index < -0.39 is 29.7 Å². The highest BCUT2D eigenvalue weighted by Gasteiger charge is 2.24. The van der Waals surface area contributed by atoms with Crippen molar-refractivity contribution in [1.29, 1.82) is 0 Å². The molecular weight excluding hydrogens is 409 g/mol. The molecule has 0 heterocycles. The number of nitrogens with one attached hydrogen (secondary N) is 1. The maximum atomic E-state index is 13.9. The Morgan fingerprint density at radius 2 is 1.93 bits per heavy atom. The number of phenols is 1. The fourth-order valence-electron chi connectivity index (χ4n) is 2.84. The van der Waals surface area contributed by atoms with Crippen LogP contribution in [0.3, 0.4) is 0 Å². The number of ether oxygens (including phenoxy) is 1. The van der Waals surface area contributed by atoms with Crippen LogP contribution in [0.2, 0.25) is 0 Å². The van der Waals surface area contributed by atoms with E-state index in [4.69, 9.17) is 9.84 Å². The normalized spacial score (nSPS) is 13.0. The molecule has 1 amide bonds. The molecule has 0 aliphatic heterocycles. The third-order valence-electron chi connectivity index (χ3n) is 4.44. The first-order valence-electron chi connectivity index (χ1n) is 9.29. The van der Waals surface area contributed by atoms with Gasteiger partial charge < -0.3 is 14.9 Å². The lowest BCUT2D eigenvalue weighted by Gasteiger charge is -2.25. The number of halogens is 1. The number of aromatic hydroxyl groups is 1. The van der Waals surface area contributed by atoms with Crippen molar-refractivity contribution in [2.24, 2.45) is 5.92 Å². The predicted octanol–water partition coefficient (Wildman–Crippen LogP) is 5.60. The average molecular weight is 434 g/mol. The first-order valence-corrected chi connectivity index (χ1v) is 10.5. The van der Waals surface area contributed by atoms with E-state index >= 15 is 0 Å². The van der Waals surface area contributed by atoms with Crippen molar-refractivity contribution in [3.05, 3.63) is 66.0 Å². The molecule has 2 aromatic carbocycles. The van der Waals surface area contributed by atoms with Crippen molar-refractivity contribution in [3.8, 4) is 5.75 Å². The SMILES string of the molecule is CSc1ccc(NC(=O)O[C@@H](c2ccc(O)c(F)c2)[C@@H](C)CC/C=C/C(=O)O)cc1. The van der Waals surface area contributed by atoms with Crippen LogP contribution < -0.4 is 5.32 Å². The highest BCUT2D eigenvalue weighted by Crippen LogP contribution is 2.32. The number of anilines is 1. The molecule has 2 aromatic rings. The van der Waals surface area contributed by atoms with Gasteiger partial charge in [-0.1, -0.05) is 19.1 Å². The molecule has 2 rings (SSSR count). The van der Waals surface area contributed by atoms with E-state index in [-0.39, 0.29) is 5.92 Å². The number of aliphatic carboxylic acids is 1. The fraction of sp³-hybridized carbons (Fsp3) is 0.273. The number of rotatable bonds is 9. The smallest absolute Gasteiger partial charge is 0.412 e. The molecule has 3 N–H and O–H groups in total. The third kappa shape index (κ3) is 7.11. The molecule has 0 aliphatic rings. The van der Waals surface area contributed by atoms with Gasteiger partial charge in [-0.3, -0.25) is 5.32 Å². The Morgan fingerprint density at radius 1 is 1.23 bits per heavy atom. The van der Waals surface area contributed by atoms with Gasteiger partial charge in [0.2, 0.25) is 0 Å². The van der Waals surface area contributed by atoms with Gasteiger partial charge in [0, 0.05) is 16.7 Å². The third-order valence-corrected chi connectivity index (χ3v) is 5.18. The first-order chi connectivity index (χ1) is 14.3. The quantitative estimate of drug-likeness (QED) is 0.352. The highest BCUT2D eigenvalue weighted by atomic mass is 32.2. The minimum absolute atomic E-state index is 0.239. The average Bonchev–Trinajstić information content (AvgIpc) is 2.72. The minimum Gasteiger partial charge on any atom is -0.505 e. The van der Waals surface area contributed by atoms with E-state index in [1.54, 1.807) is 23.9 Å². The summed E-state index contributed by atoms with van der Waals surface area (Å²) in [6.45, 7) is 1.82. The molecule has 6 nitrogen and oxygen atoms in total. The summed E-state index contributed by atoms with van der Waals surface area (Å²) in [5.74, 6) is -2.58. The molecule has 0 unspecified atom stereocenters. The zero-order chi connectivity index (χ0) is 22.1. The minimum atomic E-state index is -1.04. The van der Waals surface area contributed by atoms with Gasteiger partial charge >= 0.3 is 12.1 Å². The summed E-state index contributed by atoms with van der Waals surface area (Å²) in [5, 5.41) is 20.8. The van der Waals surface area contributed by atoms with Crippen LogP contribution in [0.25, 0.3) is 0 Å². The van der Waals surface area contributed by atoms with Crippen LogP contribution in [0.1, 0.15) is 31.4 Å². The van der Waals surface area contributed by atoms with Crippen molar-refractivity contribution in [2.75, 3.05) is 11.6 Å². The lowest BCUT2D eigenvalue weighted by atomic mass is 9.93. The summed E-state index contributed by atoms with van der Waals surface area (Å²) >= 11 is 1.58. The molecule has 0 fully saturated rings. The van der Waals surface area contributed by atoms with Gasteiger partial charge in [-0.15, -0.1) is 11.8 Å². The number of carboxylic acid groups (broad SMARTS) is 1. The van der Waals surface area contributed by atoms with Crippen molar-refractivity contribution in [2.45, 2.75) is 30.8 Å². The molecule has 8 heteroatoms. The summed E-state index contributed by atoms with van der Waals surface area (Å²) in [6.07, 6.45) is 3.99. The number of amides is 1. The maximum absolute atomic E-state index is 13.9. The monoisotopic (exact) mass is 433 g/mol. The van der Waals surface area contributed by atoms with Crippen LogP contribution >= 0.6 is 11.8 Å². The summed E-state index contributed by atoms with van der Waals surface area (Å²) < 4.78 is 19.5. The van der Waals surface area contributed by atoms with Gasteiger partial charge in [0.15, 0.2) is 11.6 Å². The van der Waals surface area contributed by atoms with Gasteiger partial charge in [0.1, 0.15) is 6.10 Å². The number of thioether (sulfide) groups is 1. The molecule has 160 valence electrons. The molecule has 0 aliphatic carbocycles. The van der Waals surface area contributed by atoms with E-state index in [1.807, 2.05) is 25.3 Å². The Hall–Kier alpha value is -3.00. The highest BCUT2D eigenvalue weighted by molar-refractivity contribution is 7.98. The Bertz CT molecular complexity index is 901. The van der Waals surface area contributed by atoms with E-state index in [2.05, 4.69) is 5.32 Å². The number of hydrogen-bond acceptors (Lipinski definition) is 5. The molecule has 2 atom stereocenters. The van der Waals surface area contributed by atoms with Gasteiger partial charge in [0.05, 0.1) is 0 Å². The van der Waals surface area contributed by atoms with Gasteiger partial charge in [0.25, 0.3) is 0 Å². The first kappa shape index (κ1) is 23.3. The van der Waals surface area contributed by atoms with Crippen molar-refractivity contribution >= 4 is 29.5 Å². The molecule has 30 heavy (non-hydrogen) atoms. The van der Waals surface area contributed by atoms with Crippen LogP contribution in [0.5, 0.6) is 5.75 Å². The lowest BCUT2D eigenvalue weighted by molar-refractivity contribution is -0.131. The van der Waals surface area contributed by atoms with Crippen LogP contribution in [0, 0.1) is 11.7 Å². The summed E-state index contributed by atoms with van der Waals surface area (Å²) in [6, 6.07) is 11.1. The second kappa shape index (κ2) is 11.3. The molecule has 0 radical (unpaired) electrons. The maximum Gasteiger partial charge on any atom is 0.412 e. The summed E-state index contributed by atoms with van der Waals surface area (Å²) in [4.78, 5) is 24.1. The second-order valence-electron chi connectivity index (χ2n) is 6.69. The number of hydrogen-bond donors (Lipinski definition) is 3. The van der Waals surface area contributed by atoms with Gasteiger partial charge in [-0.05, 0) is 67.0 Å². The largest absolute Gasteiger partial charge is 0.505 e. The number of allylic oxidation sites excluding steroid dienone is 1. The topological polar surface area (TPSA) is 95.9 Å². The Morgan fingerprint density at radius 3 is 2.53 bits per heavy atom. The van der Waals surface area contributed by atoms with Crippen molar-refractivity contribution in [3.63, 3.8) is 0 Å². The molecule has 0 bridgehead atoms. The molecular formula is C22H24FNO5S. The van der Waals surface area contributed by atoms with Crippen molar-refractivity contribution < 1.29 is 28.9 Å². The van der Waals surface area contributed by atoms with Crippen molar-refractivity contribution in [1.82, 2.24) is 0 Å². The van der Waals surface area contributed by atoms with Gasteiger partial charge in [-0.25, -0.2) is 14.0 Å². The predicted molar refractivity (Wildman–Crippen MR) is 114 cm³/mol. The Balaban J connectivity index is 2.13. The zero-order valence-corrected chi connectivity index (χ0v) is 17.5. The summed E-state index contributed by atoms with van der Waals surface area (Å²) in [5.41, 5.74) is 0.957. The Labute approximate surface area is 178 Å². The van der Waals surface area contributed by atoms with Crippen LogP contribution in [0.15, 0.2) is 59.5 Å². The zero-order valence-electron chi connectivity index (χ0n) is 16.7. The van der Waals surface area contributed by atoms with Crippen LogP contribution in [-0.4, -0.2) is 28.5 Å². The number of carbonyl (C=O) groups is 2. The standard InChI is InChI=1S/C22H24FNO5S/c1-14(5-3-4-6-20(26)27)21(15-7-12-19(25)18(23)13-15)29-22(28)24-16-8-10-17(30-2)11-9-16/h4,6-14,21,25H,3,5H2,1-2H3,(H,24,28)(H,26,27)/b6-4+/t14-,21+/m0/s1. The number of benzene rings is 2. The van der Waals surface area contributed by atoms with E-state index in [0.717, 1.165) is 17.0 Å². The van der Waals surface area contributed by atoms with Gasteiger partial charge in [-0.2, -0.15) is 0 Å². The molecule has 0 saturated carbocycles. The van der Waals surface area contributed by atoms with Crippen LogP contribution in [0.4, 0.5) is 14.9 Å².